The summed E-state index contributed by atoms with van der Waals surface area (Å²) >= 11 is 0. The summed E-state index contributed by atoms with van der Waals surface area (Å²) in [5.74, 6) is -0.0834. The first kappa shape index (κ1) is 22.1. The van der Waals surface area contributed by atoms with Gasteiger partial charge in [-0.1, -0.05) is 39.0 Å². The molecule has 0 atom stereocenters. The number of hydrogen-bond acceptors (Lipinski definition) is 4. The topological polar surface area (TPSA) is 96.5 Å². The van der Waals surface area contributed by atoms with Gasteiger partial charge < -0.3 is 15.4 Å². The average Bonchev–Trinajstić information content (AvgIpc) is 2.61. The molecule has 0 saturated carbocycles. The van der Waals surface area contributed by atoms with E-state index in [1.807, 2.05) is 0 Å². The minimum absolute atomic E-state index is 0.00660. The average molecular weight is 396 g/mol. The number of nitrogens with zero attached hydrogens (tertiary/aromatic N) is 1. The minimum atomic E-state index is -0.462. The second kappa shape index (κ2) is 8.90. The molecule has 0 heterocycles. The van der Waals surface area contributed by atoms with Crippen LogP contribution in [-0.2, 0) is 17.6 Å². The fourth-order valence-corrected chi connectivity index (χ4v) is 2.85. The number of esters is 1. The normalized spacial score (nSPS) is 11.1. The highest BCUT2D eigenvalue weighted by molar-refractivity contribution is 5.98. The molecule has 0 spiro atoms. The molecule has 0 saturated heterocycles. The van der Waals surface area contributed by atoms with E-state index in [9.17, 15) is 9.59 Å². The Balaban J connectivity index is 2.21. The van der Waals surface area contributed by atoms with E-state index in [1.165, 1.54) is 4.90 Å². The zero-order valence-electron chi connectivity index (χ0n) is 17.7. The molecule has 154 valence electrons. The number of nitrogens with two attached hydrogens (primary N) is 1. The van der Waals surface area contributed by atoms with E-state index in [4.69, 9.17) is 15.9 Å². The molecule has 6 nitrogen and oxygen atoms in total. The van der Waals surface area contributed by atoms with E-state index < -0.39 is 5.97 Å². The summed E-state index contributed by atoms with van der Waals surface area (Å²) in [5, 5.41) is 7.65. The fourth-order valence-electron chi connectivity index (χ4n) is 2.85. The van der Waals surface area contributed by atoms with Crippen molar-refractivity contribution in [3.63, 3.8) is 0 Å². The molecule has 0 aliphatic carbocycles. The van der Waals surface area contributed by atoms with Gasteiger partial charge >= 0.3 is 5.97 Å². The molecule has 0 aliphatic rings. The molecule has 0 aliphatic heterocycles. The number of amidine groups is 1. The highest BCUT2D eigenvalue weighted by Gasteiger charge is 2.20. The third kappa shape index (κ3) is 6.45. The Bertz CT molecular complexity index is 910. The van der Waals surface area contributed by atoms with Crippen LogP contribution in [0.25, 0.3) is 0 Å². The summed E-state index contributed by atoms with van der Waals surface area (Å²) in [4.78, 5) is 26.1. The van der Waals surface area contributed by atoms with Crippen LogP contribution < -0.4 is 10.5 Å². The van der Waals surface area contributed by atoms with Crippen LogP contribution in [0.5, 0.6) is 5.75 Å². The summed E-state index contributed by atoms with van der Waals surface area (Å²) in [7, 11) is 3.43. The molecule has 2 rings (SSSR count). The van der Waals surface area contributed by atoms with Gasteiger partial charge in [0.2, 0.25) is 5.91 Å². The van der Waals surface area contributed by atoms with Gasteiger partial charge in [-0.05, 0) is 47.2 Å². The van der Waals surface area contributed by atoms with Crippen molar-refractivity contribution in [3.8, 4) is 5.75 Å². The molecule has 2 aromatic rings. The van der Waals surface area contributed by atoms with Gasteiger partial charge in [-0.3, -0.25) is 10.2 Å². The molecule has 29 heavy (non-hydrogen) atoms. The van der Waals surface area contributed by atoms with Crippen LogP contribution in [0.2, 0.25) is 0 Å². The minimum Gasteiger partial charge on any atom is -0.423 e. The van der Waals surface area contributed by atoms with Crippen molar-refractivity contribution >= 4 is 17.7 Å². The summed E-state index contributed by atoms with van der Waals surface area (Å²) in [6, 6.07) is 12.0. The lowest BCUT2D eigenvalue weighted by atomic mass is 9.85. The van der Waals surface area contributed by atoms with E-state index >= 15 is 0 Å². The molecular weight excluding hydrogens is 366 g/mol. The first-order chi connectivity index (χ1) is 13.5. The molecule has 0 radical (unpaired) electrons. The Hall–Kier alpha value is -3.15. The quantitative estimate of drug-likeness (QED) is 0.339. The van der Waals surface area contributed by atoms with Crippen LogP contribution >= 0.6 is 0 Å². The Morgan fingerprint density at radius 1 is 1.07 bits per heavy atom. The number of amides is 1. The zero-order chi connectivity index (χ0) is 21.8. The van der Waals surface area contributed by atoms with Crippen molar-refractivity contribution in [2.24, 2.45) is 11.1 Å². The number of benzene rings is 2. The third-order valence-corrected chi connectivity index (χ3v) is 4.34. The van der Waals surface area contributed by atoms with Gasteiger partial charge in [-0.15, -0.1) is 0 Å². The van der Waals surface area contributed by atoms with E-state index in [1.54, 1.807) is 56.6 Å². The molecule has 6 heteroatoms. The maximum Gasteiger partial charge on any atom is 0.343 e. The second-order valence-electron chi connectivity index (χ2n) is 8.52. The maximum atomic E-state index is 12.8. The van der Waals surface area contributed by atoms with Crippen molar-refractivity contribution in [2.45, 2.75) is 33.6 Å². The first-order valence-electron chi connectivity index (χ1n) is 9.45. The monoisotopic (exact) mass is 395 g/mol. The number of carbonyl (C=O) groups excluding carboxylic acids is 2. The molecule has 2 aromatic carbocycles. The van der Waals surface area contributed by atoms with Crippen LogP contribution in [0, 0.1) is 10.8 Å². The number of nitrogens with one attached hydrogen (secondary N) is 1. The summed E-state index contributed by atoms with van der Waals surface area (Å²) in [6.45, 7) is 6.24. The third-order valence-electron chi connectivity index (χ3n) is 4.34. The standard InChI is InChI=1S/C23H29N3O3/c1-23(2,3)14-17-13-16(21(24)25)8-11-19(17)22(28)29-18-9-6-15(7-10-18)12-20(27)26(4)5/h6-11,13H,12,14H2,1-5H3,(H3,24,25). The molecule has 0 unspecified atom stereocenters. The second-order valence-corrected chi connectivity index (χ2v) is 8.52. The smallest absolute Gasteiger partial charge is 0.343 e. The van der Waals surface area contributed by atoms with Crippen molar-refractivity contribution in [2.75, 3.05) is 14.1 Å². The Labute approximate surface area is 172 Å². The van der Waals surface area contributed by atoms with Gasteiger partial charge in [0.15, 0.2) is 0 Å². The fraction of sp³-hybridized carbons (Fsp3) is 0.348. The van der Waals surface area contributed by atoms with Gasteiger partial charge in [-0.2, -0.15) is 0 Å². The predicted molar refractivity (Wildman–Crippen MR) is 114 cm³/mol. The van der Waals surface area contributed by atoms with Crippen LogP contribution in [0.1, 0.15) is 47.8 Å². The molecular formula is C23H29N3O3. The molecule has 1 amide bonds. The van der Waals surface area contributed by atoms with Crippen LogP contribution in [0.15, 0.2) is 42.5 Å². The Morgan fingerprint density at radius 2 is 1.69 bits per heavy atom. The van der Waals surface area contributed by atoms with Crippen molar-refractivity contribution in [3.05, 3.63) is 64.7 Å². The first-order valence-corrected chi connectivity index (χ1v) is 9.45. The highest BCUT2D eigenvalue weighted by Crippen LogP contribution is 2.25. The van der Waals surface area contributed by atoms with E-state index in [2.05, 4.69) is 20.8 Å². The highest BCUT2D eigenvalue weighted by atomic mass is 16.5. The number of ether oxygens (including phenoxy) is 1. The predicted octanol–water partition coefficient (Wildman–Crippen LogP) is 3.41. The van der Waals surface area contributed by atoms with Gasteiger partial charge in [0, 0.05) is 19.7 Å². The van der Waals surface area contributed by atoms with E-state index in [0.717, 1.165) is 11.1 Å². The largest absolute Gasteiger partial charge is 0.423 e. The van der Waals surface area contributed by atoms with Crippen LogP contribution in [-0.4, -0.2) is 36.7 Å². The van der Waals surface area contributed by atoms with Crippen molar-refractivity contribution in [1.82, 2.24) is 4.90 Å². The van der Waals surface area contributed by atoms with Crippen molar-refractivity contribution < 1.29 is 14.3 Å². The number of rotatable bonds is 6. The SMILES string of the molecule is CN(C)C(=O)Cc1ccc(OC(=O)c2ccc(C(=N)N)cc2CC(C)(C)C)cc1. The summed E-state index contributed by atoms with van der Waals surface area (Å²) in [6.07, 6.45) is 0.938. The number of hydrogen-bond donors (Lipinski definition) is 2. The summed E-state index contributed by atoms with van der Waals surface area (Å²) in [5.41, 5.74) is 8.23. The number of carbonyl (C=O) groups is 2. The van der Waals surface area contributed by atoms with Crippen molar-refractivity contribution in [1.29, 1.82) is 5.41 Å². The van der Waals surface area contributed by atoms with E-state index in [-0.39, 0.29) is 17.2 Å². The van der Waals surface area contributed by atoms with Gasteiger partial charge in [-0.25, -0.2) is 4.79 Å². The van der Waals surface area contributed by atoms with Crippen LogP contribution in [0.3, 0.4) is 0 Å². The lowest BCUT2D eigenvalue weighted by Crippen LogP contribution is -2.23. The number of nitrogen functional groups attached to an aromatic ring is 1. The van der Waals surface area contributed by atoms with Crippen LogP contribution in [0.4, 0.5) is 0 Å². The lowest BCUT2D eigenvalue weighted by Gasteiger charge is -2.20. The molecule has 3 N–H and O–H groups in total. The maximum absolute atomic E-state index is 12.8. The summed E-state index contributed by atoms with van der Waals surface area (Å²) < 4.78 is 5.54. The Morgan fingerprint density at radius 3 is 2.21 bits per heavy atom. The lowest BCUT2D eigenvalue weighted by molar-refractivity contribution is -0.127. The Kier molecular flexibility index (Phi) is 6.80. The molecule has 0 aromatic heterocycles. The zero-order valence-corrected chi connectivity index (χ0v) is 17.7. The van der Waals surface area contributed by atoms with Gasteiger partial charge in [0.25, 0.3) is 0 Å². The molecule has 0 fully saturated rings. The van der Waals surface area contributed by atoms with Gasteiger partial charge in [0.05, 0.1) is 12.0 Å². The van der Waals surface area contributed by atoms with Gasteiger partial charge in [0.1, 0.15) is 11.6 Å². The molecule has 0 bridgehead atoms. The number of likely N-dealkylation sites (N-methyl/N-ethyl adjacent to an activating group) is 1. The van der Waals surface area contributed by atoms with E-state index in [0.29, 0.717) is 29.7 Å².